The summed E-state index contributed by atoms with van der Waals surface area (Å²) in [5, 5.41) is 8.69. The molecule has 0 saturated carbocycles. The quantitative estimate of drug-likeness (QED) is 0.496. The van der Waals surface area contributed by atoms with Gasteiger partial charge < -0.3 is 25.6 Å². The molecular formula is C25H34N4O3. The highest BCUT2D eigenvalue weighted by Crippen LogP contribution is 2.28. The minimum Gasteiger partial charge on any atom is -0.382 e. The SMILES string of the molecule is CCOCCCNC(=O)c1cc(NC(=O)Nc2ccc(C)c(C)c2)ccc1N1CCCC1. The summed E-state index contributed by atoms with van der Waals surface area (Å²) in [5.74, 6) is -0.137. The summed E-state index contributed by atoms with van der Waals surface area (Å²) in [4.78, 5) is 27.7. The second-order valence-corrected chi connectivity index (χ2v) is 8.11. The fourth-order valence-electron chi connectivity index (χ4n) is 3.76. The van der Waals surface area contributed by atoms with Gasteiger partial charge in [0, 0.05) is 49.9 Å². The summed E-state index contributed by atoms with van der Waals surface area (Å²) in [5.41, 5.74) is 5.07. The number of aryl methyl sites for hydroxylation is 2. The van der Waals surface area contributed by atoms with E-state index in [9.17, 15) is 9.59 Å². The van der Waals surface area contributed by atoms with Gasteiger partial charge in [-0.2, -0.15) is 0 Å². The Balaban J connectivity index is 1.70. The highest BCUT2D eigenvalue weighted by molar-refractivity contribution is 6.04. The third-order valence-electron chi connectivity index (χ3n) is 5.67. The van der Waals surface area contributed by atoms with E-state index in [1.165, 1.54) is 5.56 Å². The van der Waals surface area contributed by atoms with Gasteiger partial charge in [-0.25, -0.2) is 4.79 Å². The molecule has 1 aliphatic rings. The predicted octanol–water partition coefficient (Wildman–Crippen LogP) is 4.70. The Bertz CT molecular complexity index is 939. The van der Waals surface area contributed by atoms with E-state index >= 15 is 0 Å². The Morgan fingerprint density at radius 3 is 2.34 bits per heavy atom. The minimum absolute atomic E-state index is 0.137. The van der Waals surface area contributed by atoms with Crippen molar-refractivity contribution in [3.8, 4) is 0 Å². The van der Waals surface area contributed by atoms with Crippen LogP contribution in [-0.2, 0) is 4.74 Å². The number of hydrogen-bond acceptors (Lipinski definition) is 4. The van der Waals surface area contributed by atoms with E-state index in [4.69, 9.17) is 4.74 Å². The van der Waals surface area contributed by atoms with Crippen molar-refractivity contribution in [1.82, 2.24) is 5.32 Å². The van der Waals surface area contributed by atoms with E-state index in [2.05, 4.69) is 20.9 Å². The topological polar surface area (TPSA) is 82.7 Å². The average molecular weight is 439 g/mol. The van der Waals surface area contributed by atoms with Crippen molar-refractivity contribution >= 4 is 29.0 Å². The number of nitrogens with one attached hydrogen (secondary N) is 3. The van der Waals surface area contributed by atoms with Crippen LogP contribution in [0.15, 0.2) is 36.4 Å². The third-order valence-corrected chi connectivity index (χ3v) is 5.67. The Labute approximate surface area is 190 Å². The monoisotopic (exact) mass is 438 g/mol. The van der Waals surface area contributed by atoms with Gasteiger partial charge in [0.1, 0.15) is 0 Å². The Kier molecular flexibility index (Phi) is 8.50. The second-order valence-electron chi connectivity index (χ2n) is 8.11. The van der Waals surface area contributed by atoms with Crippen molar-refractivity contribution in [1.29, 1.82) is 0 Å². The number of hydrogen-bond donors (Lipinski definition) is 3. The molecule has 2 aromatic carbocycles. The maximum absolute atomic E-state index is 12.9. The van der Waals surface area contributed by atoms with Gasteiger partial charge >= 0.3 is 6.03 Å². The van der Waals surface area contributed by atoms with E-state index < -0.39 is 0 Å². The van der Waals surface area contributed by atoms with E-state index in [0.29, 0.717) is 31.0 Å². The fourth-order valence-corrected chi connectivity index (χ4v) is 3.76. The van der Waals surface area contributed by atoms with Crippen LogP contribution in [0, 0.1) is 13.8 Å². The molecule has 3 rings (SSSR count). The van der Waals surface area contributed by atoms with E-state index in [1.54, 1.807) is 6.07 Å². The lowest BCUT2D eigenvalue weighted by Gasteiger charge is -2.22. The first-order chi connectivity index (χ1) is 15.5. The lowest BCUT2D eigenvalue weighted by Crippen LogP contribution is -2.29. The molecule has 1 aliphatic heterocycles. The van der Waals surface area contributed by atoms with Crippen LogP contribution in [0.3, 0.4) is 0 Å². The molecular weight excluding hydrogens is 404 g/mol. The molecule has 7 nitrogen and oxygen atoms in total. The second kappa shape index (κ2) is 11.5. The van der Waals surface area contributed by atoms with Gasteiger partial charge in [-0.3, -0.25) is 4.79 Å². The largest absolute Gasteiger partial charge is 0.382 e. The number of carbonyl (C=O) groups excluding carboxylic acids is 2. The lowest BCUT2D eigenvalue weighted by atomic mass is 10.1. The highest BCUT2D eigenvalue weighted by atomic mass is 16.5. The number of nitrogens with zero attached hydrogens (tertiary/aromatic N) is 1. The van der Waals surface area contributed by atoms with Gasteiger partial charge in [0.2, 0.25) is 0 Å². The van der Waals surface area contributed by atoms with Crippen LogP contribution in [0.5, 0.6) is 0 Å². The van der Waals surface area contributed by atoms with Crippen LogP contribution in [0.1, 0.15) is 47.7 Å². The molecule has 1 heterocycles. The smallest absolute Gasteiger partial charge is 0.323 e. The van der Waals surface area contributed by atoms with E-state index in [1.807, 2.05) is 51.1 Å². The van der Waals surface area contributed by atoms with Gasteiger partial charge in [0.05, 0.1) is 5.56 Å². The molecule has 1 saturated heterocycles. The summed E-state index contributed by atoms with van der Waals surface area (Å²) in [6.45, 7) is 9.70. The zero-order valence-corrected chi connectivity index (χ0v) is 19.3. The third kappa shape index (κ3) is 6.47. The van der Waals surface area contributed by atoms with E-state index in [-0.39, 0.29) is 11.9 Å². The normalized spacial score (nSPS) is 13.2. The van der Waals surface area contributed by atoms with Crippen molar-refractivity contribution in [2.75, 3.05) is 48.4 Å². The zero-order chi connectivity index (χ0) is 22.9. The van der Waals surface area contributed by atoms with Gasteiger partial charge in [0.25, 0.3) is 5.91 Å². The Morgan fingerprint density at radius 1 is 0.969 bits per heavy atom. The number of benzene rings is 2. The summed E-state index contributed by atoms with van der Waals surface area (Å²) in [6, 6.07) is 11.0. The lowest BCUT2D eigenvalue weighted by molar-refractivity contribution is 0.0944. The van der Waals surface area contributed by atoms with Crippen molar-refractivity contribution in [2.45, 2.75) is 40.0 Å². The van der Waals surface area contributed by atoms with Gasteiger partial charge in [-0.15, -0.1) is 0 Å². The van der Waals surface area contributed by atoms with Crippen molar-refractivity contribution in [3.05, 3.63) is 53.1 Å². The summed E-state index contributed by atoms with van der Waals surface area (Å²) < 4.78 is 5.34. The maximum Gasteiger partial charge on any atom is 0.323 e. The van der Waals surface area contributed by atoms with Crippen LogP contribution < -0.4 is 20.9 Å². The van der Waals surface area contributed by atoms with Crippen LogP contribution in [0.25, 0.3) is 0 Å². The Morgan fingerprint density at radius 2 is 1.66 bits per heavy atom. The van der Waals surface area contributed by atoms with Gasteiger partial charge in [-0.1, -0.05) is 6.07 Å². The van der Waals surface area contributed by atoms with Crippen molar-refractivity contribution in [3.63, 3.8) is 0 Å². The number of amides is 3. The number of anilines is 3. The summed E-state index contributed by atoms with van der Waals surface area (Å²) in [6.07, 6.45) is 3.00. The first kappa shape index (κ1) is 23.6. The van der Waals surface area contributed by atoms with Gasteiger partial charge in [0.15, 0.2) is 0 Å². The molecule has 7 heteroatoms. The number of ether oxygens (including phenoxy) is 1. The first-order valence-corrected chi connectivity index (χ1v) is 11.4. The molecule has 32 heavy (non-hydrogen) atoms. The molecule has 0 aromatic heterocycles. The molecule has 172 valence electrons. The van der Waals surface area contributed by atoms with Crippen LogP contribution in [-0.4, -0.2) is 44.8 Å². The summed E-state index contributed by atoms with van der Waals surface area (Å²) >= 11 is 0. The highest BCUT2D eigenvalue weighted by Gasteiger charge is 2.20. The fraction of sp³-hybridized carbons (Fsp3) is 0.440. The van der Waals surface area contributed by atoms with E-state index in [0.717, 1.165) is 49.3 Å². The molecule has 0 atom stereocenters. The Hall–Kier alpha value is -3.06. The minimum atomic E-state index is -0.342. The maximum atomic E-state index is 12.9. The van der Waals surface area contributed by atoms with Gasteiger partial charge in [-0.05, 0) is 81.5 Å². The standard InChI is InChI=1S/C25H34N4O3/c1-4-32-15-7-12-26-24(30)22-17-21(10-11-23(22)29-13-5-6-14-29)28-25(31)27-20-9-8-18(2)19(3)16-20/h8-11,16-17H,4-7,12-15H2,1-3H3,(H,26,30)(H2,27,28,31). The molecule has 0 radical (unpaired) electrons. The van der Waals surface area contributed by atoms with Crippen molar-refractivity contribution in [2.24, 2.45) is 0 Å². The van der Waals surface area contributed by atoms with Crippen LogP contribution in [0.2, 0.25) is 0 Å². The zero-order valence-electron chi connectivity index (χ0n) is 19.3. The molecule has 1 fully saturated rings. The average Bonchev–Trinajstić information content (AvgIpc) is 3.30. The molecule has 0 unspecified atom stereocenters. The molecule has 0 aliphatic carbocycles. The number of rotatable bonds is 9. The molecule has 3 amide bonds. The molecule has 2 aromatic rings. The summed E-state index contributed by atoms with van der Waals surface area (Å²) in [7, 11) is 0. The predicted molar refractivity (Wildman–Crippen MR) is 130 cm³/mol. The molecule has 0 bridgehead atoms. The van der Waals surface area contributed by atoms with Crippen molar-refractivity contribution < 1.29 is 14.3 Å². The van der Waals surface area contributed by atoms with Crippen LogP contribution in [0.4, 0.5) is 21.9 Å². The number of carbonyl (C=O) groups is 2. The van der Waals surface area contributed by atoms with Crippen LogP contribution >= 0.6 is 0 Å². The molecule has 0 spiro atoms. The molecule has 3 N–H and O–H groups in total. The first-order valence-electron chi connectivity index (χ1n) is 11.4. The number of urea groups is 1.